The van der Waals surface area contributed by atoms with Gasteiger partial charge in [0.2, 0.25) is 0 Å². The van der Waals surface area contributed by atoms with Crippen LogP contribution in [0.1, 0.15) is 38.2 Å². The van der Waals surface area contributed by atoms with Gasteiger partial charge in [-0.15, -0.1) is 0 Å². The molecule has 1 aliphatic heterocycles. The van der Waals surface area contributed by atoms with Crippen LogP contribution in [-0.4, -0.2) is 30.7 Å². The summed E-state index contributed by atoms with van der Waals surface area (Å²) in [6.07, 6.45) is 7.03. The Labute approximate surface area is 124 Å². The molecule has 106 valence electrons. The zero-order chi connectivity index (χ0) is 13.7. The zero-order valence-corrected chi connectivity index (χ0v) is 13.5. The second-order valence-electron chi connectivity index (χ2n) is 5.38. The van der Waals surface area contributed by atoms with E-state index in [1.807, 2.05) is 6.20 Å². The minimum absolute atomic E-state index is 0.617. The maximum absolute atomic E-state index is 4.57. The van der Waals surface area contributed by atoms with Crippen molar-refractivity contribution in [2.24, 2.45) is 0 Å². The Hall–Kier alpha value is -0.610. The van der Waals surface area contributed by atoms with Crippen molar-refractivity contribution < 1.29 is 0 Å². The van der Waals surface area contributed by atoms with Gasteiger partial charge in [-0.05, 0) is 60.3 Å². The SMILES string of the molecule is CCCN(CC1CCCCN1)c1cc(C)c(Br)cn1. The van der Waals surface area contributed by atoms with Crippen LogP contribution in [0.2, 0.25) is 0 Å². The second-order valence-corrected chi connectivity index (χ2v) is 6.24. The highest BCUT2D eigenvalue weighted by molar-refractivity contribution is 9.10. The number of halogens is 1. The van der Waals surface area contributed by atoms with E-state index in [-0.39, 0.29) is 0 Å². The van der Waals surface area contributed by atoms with E-state index in [0.29, 0.717) is 6.04 Å². The summed E-state index contributed by atoms with van der Waals surface area (Å²) < 4.78 is 1.09. The van der Waals surface area contributed by atoms with Gasteiger partial charge in [0.05, 0.1) is 0 Å². The van der Waals surface area contributed by atoms with Crippen LogP contribution in [-0.2, 0) is 0 Å². The molecule has 0 amide bonds. The molecule has 1 saturated heterocycles. The fraction of sp³-hybridized carbons (Fsp3) is 0.667. The maximum Gasteiger partial charge on any atom is 0.128 e. The van der Waals surface area contributed by atoms with E-state index < -0.39 is 0 Å². The molecule has 1 unspecified atom stereocenters. The molecule has 3 nitrogen and oxygen atoms in total. The van der Waals surface area contributed by atoms with Gasteiger partial charge in [-0.1, -0.05) is 13.3 Å². The molecule has 1 aliphatic rings. The van der Waals surface area contributed by atoms with Crippen LogP contribution in [0.4, 0.5) is 5.82 Å². The van der Waals surface area contributed by atoms with E-state index in [4.69, 9.17) is 0 Å². The van der Waals surface area contributed by atoms with Crippen molar-refractivity contribution in [2.75, 3.05) is 24.5 Å². The number of nitrogens with one attached hydrogen (secondary N) is 1. The van der Waals surface area contributed by atoms with Gasteiger partial charge < -0.3 is 10.2 Å². The fourth-order valence-electron chi connectivity index (χ4n) is 2.61. The summed E-state index contributed by atoms with van der Waals surface area (Å²) in [5.74, 6) is 1.11. The number of anilines is 1. The highest BCUT2D eigenvalue weighted by atomic mass is 79.9. The van der Waals surface area contributed by atoms with Gasteiger partial charge in [0.1, 0.15) is 5.82 Å². The standard InChI is InChI=1S/C15H24BrN3/c1-3-8-19(11-13-6-4-5-7-17-13)15-9-12(2)14(16)10-18-15/h9-10,13,17H,3-8,11H2,1-2H3. The molecule has 1 aromatic heterocycles. The Morgan fingerprint density at radius 2 is 2.32 bits per heavy atom. The molecule has 2 rings (SSSR count). The number of nitrogens with zero attached hydrogens (tertiary/aromatic N) is 2. The molecule has 1 atom stereocenters. The third kappa shape index (κ3) is 4.18. The van der Waals surface area contributed by atoms with Crippen molar-refractivity contribution in [1.82, 2.24) is 10.3 Å². The third-order valence-electron chi connectivity index (χ3n) is 3.70. The first-order valence-corrected chi connectivity index (χ1v) is 8.10. The Morgan fingerprint density at radius 1 is 1.47 bits per heavy atom. The summed E-state index contributed by atoms with van der Waals surface area (Å²) >= 11 is 3.52. The third-order valence-corrected chi connectivity index (χ3v) is 4.53. The van der Waals surface area contributed by atoms with Crippen LogP contribution in [0.15, 0.2) is 16.7 Å². The first-order valence-electron chi connectivity index (χ1n) is 7.31. The van der Waals surface area contributed by atoms with E-state index in [1.54, 1.807) is 0 Å². The van der Waals surface area contributed by atoms with Gasteiger partial charge in [-0.2, -0.15) is 0 Å². The first-order chi connectivity index (χ1) is 9.20. The van der Waals surface area contributed by atoms with Gasteiger partial charge in [-0.3, -0.25) is 0 Å². The van der Waals surface area contributed by atoms with Crippen molar-refractivity contribution in [2.45, 2.75) is 45.6 Å². The Balaban J connectivity index is 2.07. The summed E-state index contributed by atoms with van der Waals surface area (Å²) in [4.78, 5) is 6.99. The number of aryl methyl sites for hydroxylation is 1. The molecule has 0 aliphatic carbocycles. The average Bonchev–Trinajstić information content (AvgIpc) is 2.43. The van der Waals surface area contributed by atoms with Gasteiger partial charge in [0.25, 0.3) is 0 Å². The first kappa shape index (κ1) is 14.8. The summed E-state index contributed by atoms with van der Waals surface area (Å²) in [5, 5.41) is 3.63. The largest absolute Gasteiger partial charge is 0.355 e. The predicted octanol–water partition coefficient (Wildman–Crippen LogP) is 3.51. The van der Waals surface area contributed by atoms with E-state index in [9.17, 15) is 0 Å². The minimum Gasteiger partial charge on any atom is -0.355 e. The normalized spacial score (nSPS) is 19.4. The molecule has 1 fully saturated rings. The number of hydrogen-bond donors (Lipinski definition) is 1. The molecule has 4 heteroatoms. The summed E-state index contributed by atoms with van der Waals surface area (Å²) in [5.41, 5.74) is 1.25. The molecule has 0 radical (unpaired) electrons. The molecule has 0 saturated carbocycles. The van der Waals surface area contributed by atoms with Crippen LogP contribution >= 0.6 is 15.9 Å². The Kier molecular flexibility index (Phi) is 5.64. The average molecular weight is 326 g/mol. The molecule has 0 aromatic carbocycles. The second kappa shape index (κ2) is 7.25. The number of hydrogen-bond acceptors (Lipinski definition) is 3. The van der Waals surface area contributed by atoms with E-state index >= 15 is 0 Å². The van der Waals surface area contributed by atoms with Gasteiger partial charge in [-0.25, -0.2) is 4.98 Å². The van der Waals surface area contributed by atoms with E-state index in [0.717, 1.165) is 36.3 Å². The number of piperidine rings is 1. The smallest absolute Gasteiger partial charge is 0.128 e. The molecule has 1 aromatic rings. The van der Waals surface area contributed by atoms with Gasteiger partial charge in [0, 0.05) is 29.8 Å². The molecule has 19 heavy (non-hydrogen) atoms. The Bertz CT molecular complexity index is 402. The lowest BCUT2D eigenvalue weighted by molar-refractivity contribution is 0.398. The summed E-state index contributed by atoms with van der Waals surface area (Å²) in [6.45, 7) is 7.66. The molecule has 0 bridgehead atoms. The van der Waals surface area contributed by atoms with Crippen LogP contribution in [0.5, 0.6) is 0 Å². The molecular formula is C15H24BrN3. The van der Waals surface area contributed by atoms with Crippen LogP contribution in [0, 0.1) is 6.92 Å². The lowest BCUT2D eigenvalue weighted by Gasteiger charge is -2.31. The highest BCUT2D eigenvalue weighted by Crippen LogP contribution is 2.21. The lowest BCUT2D eigenvalue weighted by Crippen LogP contribution is -2.44. The van der Waals surface area contributed by atoms with Crippen molar-refractivity contribution in [3.63, 3.8) is 0 Å². The quantitative estimate of drug-likeness (QED) is 0.897. The fourth-order valence-corrected chi connectivity index (χ4v) is 2.83. The minimum atomic E-state index is 0.617. The van der Waals surface area contributed by atoms with E-state index in [1.165, 1.54) is 24.8 Å². The molecule has 1 N–H and O–H groups in total. The number of pyridine rings is 1. The zero-order valence-electron chi connectivity index (χ0n) is 12.0. The predicted molar refractivity (Wildman–Crippen MR) is 84.8 cm³/mol. The van der Waals surface area contributed by atoms with Crippen molar-refractivity contribution in [1.29, 1.82) is 0 Å². The topological polar surface area (TPSA) is 28.2 Å². The van der Waals surface area contributed by atoms with E-state index in [2.05, 4.69) is 51.0 Å². The monoisotopic (exact) mass is 325 g/mol. The molecular weight excluding hydrogens is 302 g/mol. The van der Waals surface area contributed by atoms with Crippen molar-refractivity contribution in [3.05, 3.63) is 22.3 Å². The van der Waals surface area contributed by atoms with Crippen LogP contribution < -0.4 is 10.2 Å². The Morgan fingerprint density at radius 3 is 2.95 bits per heavy atom. The highest BCUT2D eigenvalue weighted by Gasteiger charge is 2.17. The lowest BCUT2D eigenvalue weighted by atomic mass is 10.0. The van der Waals surface area contributed by atoms with Crippen molar-refractivity contribution >= 4 is 21.7 Å². The maximum atomic E-state index is 4.57. The number of rotatable bonds is 5. The van der Waals surface area contributed by atoms with Gasteiger partial charge >= 0.3 is 0 Å². The van der Waals surface area contributed by atoms with Gasteiger partial charge in [0.15, 0.2) is 0 Å². The van der Waals surface area contributed by atoms with Crippen molar-refractivity contribution in [3.8, 4) is 0 Å². The van der Waals surface area contributed by atoms with Crippen LogP contribution in [0.3, 0.4) is 0 Å². The molecule has 0 spiro atoms. The van der Waals surface area contributed by atoms with Crippen LogP contribution in [0.25, 0.3) is 0 Å². The summed E-state index contributed by atoms with van der Waals surface area (Å²) in [7, 11) is 0. The number of aromatic nitrogens is 1. The summed E-state index contributed by atoms with van der Waals surface area (Å²) in [6, 6.07) is 2.80. The molecule has 2 heterocycles.